The summed E-state index contributed by atoms with van der Waals surface area (Å²) in [5.74, 6) is 0.0381. The first-order valence-electron chi connectivity index (χ1n) is 7.54. The summed E-state index contributed by atoms with van der Waals surface area (Å²) < 4.78 is 1.83. The van der Waals surface area contributed by atoms with E-state index in [0.717, 1.165) is 31.6 Å². The zero-order valence-corrected chi connectivity index (χ0v) is 12.4. The highest BCUT2D eigenvalue weighted by Gasteiger charge is 2.26. The highest BCUT2D eigenvalue weighted by molar-refractivity contribution is 5.78. The second kappa shape index (κ2) is 7.13. The minimum atomic E-state index is 0.0381. The number of amides is 1. The van der Waals surface area contributed by atoms with Crippen molar-refractivity contribution < 1.29 is 4.79 Å². The topological polar surface area (TPSA) is 75.9 Å². The lowest BCUT2D eigenvalue weighted by Crippen LogP contribution is -2.41. The molecule has 3 heterocycles. The number of carbonyl (C=O) groups is 1. The highest BCUT2D eigenvalue weighted by Crippen LogP contribution is 2.17. The Hall–Kier alpha value is -2.28. The van der Waals surface area contributed by atoms with Gasteiger partial charge in [0.15, 0.2) is 0 Å². The van der Waals surface area contributed by atoms with Crippen LogP contribution in [0.1, 0.15) is 18.5 Å². The molecular formula is C15H20N6O. The zero-order valence-electron chi connectivity index (χ0n) is 12.4. The van der Waals surface area contributed by atoms with Crippen molar-refractivity contribution in [2.24, 2.45) is 0 Å². The standard InChI is InChI=1S/C15H20N6O/c22-15(18-8-13-4-1-2-6-17-13)10-20-7-3-5-14(20)9-21-12-16-11-19-21/h1-2,4,6,11-12,14H,3,5,7-10H2,(H,18,22)/t14-/m1/s1. The molecule has 116 valence electrons. The fraction of sp³-hybridized carbons (Fsp3) is 0.467. The molecule has 0 saturated carbocycles. The van der Waals surface area contributed by atoms with Crippen molar-refractivity contribution in [2.75, 3.05) is 13.1 Å². The van der Waals surface area contributed by atoms with E-state index >= 15 is 0 Å². The first kappa shape index (κ1) is 14.6. The van der Waals surface area contributed by atoms with E-state index in [1.165, 1.54) is 0 Å². The van der Waals surface area contributed by atoms with Crippen LogP contribution >= 0.6 is 0 Å². The summed E-state index contributed by atoms with van der Waals surface area (Å²) in [7, 11) is 0. The molecule has 1 aliphatic rings. The van der Waals surface area contributed by atoms with Crippen LogP contribution in [0.15, 0.2) is 37.1 Å². The quantitative estimate of drug-likeness (QED) is 0.838. The SMILES string of the molecule is O=C(CN1CCC[C@@H]1Cn1cncn1)NCc1ccccn1. The van der Waals surface area contributed by atoms with E-state index in [2.05, 4.69) is 25.3 Å². The fourth-order valence-corrected chi connectivity index (χ4v) is 2.79. The fourth-order valence-electron chi connectivity index (χ4n) is 2.79. The molecule has 7 nitrogen and oxygen atoms in total. The lowest BCUT2D eigenvalue weighted by molar-refractivity contribution is -0.122. The van der Waals surface area contributed by atoms with Gasteiger partial charge in [0.1, 0.15) is 12.7 Å². The Morgan fingerprint density at radius 2 is 2.36 bits per heavy atom. The maximum absolute atomic E-state index is 12.1. The molecule has 0 radical (unpaired) electrons. The van der Waals surface area contributed by atoms with Crippen molar-refractivity contribution in [1.29, 1.82) is 0 Å². The molecule has 1 amide bonds. The van der Waals surface area contributed by atoms with Crippen LogP contribution in [0.25, 0.3) is 0 Å². The van der Waals surface area contributed by atoms with Gasteiger partial charge in [-0.05, 0) is 31.5 Å². The Labute approximate surface area is 129 Å². The van der Waals surface area contributed by atoms with Crippen LogP contribution in [0.3, 0.4) is 0 Å². The molecule has 0 spiro atoms. The minimum absolute atomic E-state index is 0.0381. The number of hydrogen-bond donors (Lipinski definition) is 1. The normalized spacial score (nSPS) is 18.5. The van der Waals surface area contributed by atoms with Gasteiger partial charge in [0.25, 0.3) is 0 Å². The summed E-state index contributed by atoms with van der Waals surface area (Å²) in [6, 6.07) is 6.04. The Balaban J connectivity index is 1.47. The molecular weight excluding hydrogens is 280 g/mol. The van der Waals surface area contributed by atoms with Crippen LogP contribution in [0, 0.1) is 0 Å². The van der Waals surface area contributed by atoms with Gasteiger partial charge in [-0.1, -0.05) is 6.07 Å². The summed E-state index contributed by atoms with van der Waals surface area (Å²) in [4.78, 5) is 22.5. The summed E-state index contributed by atoms with van der Waals surface area (Å²) >= 11 is 0. The van der Waals surface area contributed by atoms with E-state index in [-0.39, 0.29) is 5.91 Å². The minimum Gasteiger partial charge on any atom is -0.349 e. The molecule has 1 atom stereocenters. The Bertz CT molecular complexity index is 585. The molecule has 0 bridgehead atoms. The van der Waals surface area contributed by atoms with Crippen molar-refractivity contribution in [1.82, 2.24) is 30.0 Å². The lowest BCUT2D eigenvalue weighted by Gasteiger charge is -2.23. The maximum Gasteiger partial charge on any atom is 0.234 e. The van der Waals surface area contributed by atoms with E-state index in [4.69, 9.17) is 0 Å². The van der Waals surface area contributed by atoms with Gasteiger partial charge in [0.05, 0.1) is 25.3 Å². The molecule has 1 fully saturated rings. The van der Waals surface area contributed by atoms with Crippen LogP contribution in [0.2, 0.25) is 0 Å². The molecule has 3 rings (SSSR count). The zero-order chi connectivity index (χ0) is 15.2. The smallest absolute Gasteiger partial charge is 0.234 e. The van der Waals surface area contributed by atoms with Gasteiger partial charge in [0.2, 0.25) is 5.91 Å². The average molecular weight is 300 g/mol. The number of rotatable bonds is 6. The van der Waals surface area contributed by atoms with Crippen molar-refractivity contribution in [3.05, 3.63) is 42.7 Å². The van der Waals surface area contributed by atoms with Gasteiger partial charge in [0, 0.05) is 12.2 Å². The molecule has 0 aliphatic carbocycles. The first-order chi connectivity index (χ1) is 10.8. The van der Waals surface area contributed by atoms with Crippen LogP contribution < -0.4 is 5.32 Å². The molecule has 0 aromatic carbocycles. The largest absolute Gasteiger partial charge is 0.349 e. The summed E-state index contributed by atoms with van der Waals surface area (Å²) in [6.45, 7) is 2.64. The lowest BCUT2D eigenvalue weighted by atomic mass is 10.2. The Kier molecular flexibility index (Phi) is 4.75. The first-order valence-corrected chi connectivity index (χ1v) is 7.54. The third-order valence-corrected chi connectivity index (χ3v) is 3.90. The summed E-state index contributed by atoms with van der Waals surface area (Å²) in [6.07, 6.45) is 7.20. The molecule has 1 aliphatic heterocycles. The van der Waals surface area contributed by atoms with Gasteiger partial charge in [-0.15, -0.1) is 0 Å². The Morgan fingerprint density at radius 3 is 3.14 bits per heavy atom. The second-order valence-corrected chi connectivity index (χ2v) is 5.48. The summed E-state index contributed by atoms with van der Waals surface area (Å²) in [5, 5.41) is 7.07. The second-order valence-electron chi connectivity index (χ2n) is 5.48. The predicted molar refractivity (Wildman–Crippen MR) is 80.7 cm³/mol. The predicted octanol–water partition coefficient (Wildman–Crippen LogP) is 0.454. The highest BCUT2D eigenvalue weighted by atomic mass is 16.2. The monoisotopic (exact) mass is 300 g/mol. The van der Waals surface area contributed by atoms with E-state index in [0.29, 0.717) is 19.1 Å². The van der Waals surface area contributed by atoms with Crippen molar-refractivity contribution in [3.8, 4) is 0 Å². The molecule has 2 aromatic heterocycles. The Morgan fingerprint density at radius 1 is 1.41 bits per heavy atom. The van der Waals surface area contributed by atoms with Crippen LogP contribution in [-0.2, 0) is 17.9 Å². The number of nitrogens with zero attached hydrogens (tertiary/aromatic N) is 5. The van der Waals surface area contributed by atoms with Gasteiger partial charge in [-0.2, -0.15) is 5.10 Å². The third kappa shape index (κ3) is 3.88. The van der Waals surface area contributed by atoms with Crippen LogP contribution in [-0.4, -0.2) is 49.7 Å². The van der Waals surface area contributed by atoms with Crippen LogP contribution in [0.5, 0.6) is 0 Å². The molecule has 1 N–H and O–H groups in total. The molecule has 2 aromatic rings. The average Bonchev–Trinajstić information content (AvgIpc) is 3.20. The number of carbonyl (C=O) groups excluding carboxylic acids is 1. The summed E-state index contributed by atoms with van der Waals surface area (Å²) in [5.41, 5.74) is 0.872. The van der Waals surface area contributed by atoms with E-state index in [9.17, 15) is 4.79 Å². The third-order valence-electron chi connectivity index (χ3n) is 3.90. The number of aromatic nitrogens is 4. The number of nitrogens with one attached hydrogen (secondary N) is 1. The number of pyridine rings is 1. The van der Waals surface area contributed by atoms with E-state index in [1.54, 1.807) is 18.9 Å². The van der Waals surface area contributed by atoms with Crippen molar-refractivity contribution in [3.63, 3.8) is 0 Å². The van der Waals surface area contributed by atoms with E-state index < -0.39 is 0 Å². The number of likely N-dealkylation sites (tertiary alicyclic amines) is 1. The molecule has 22 heavy (non-hydrogen) atoms. The molecule has 1 saturated heterocycles. The van der Waals surface area contributed by atoms with Gasteiger partial charge < -0.3 is 5.32 Å². The molecule has 0 unspecified atom stereocenters. The van der Waals surface area contributed by atoms with Crippen LogP contribution in [0.4, 0.5) is 0 Å². The van der Waals surface area contributed by atoms with Gasteiger partial charge in [-0.3, -0.25) is 19.4 Å². The molecule has 7 heteroatoms. The van der Waals surface area contributed by atoms with E-state index in [1.807, 2.05) is 22.9 Å². The van der Waals surface area contributed by atoms with Gasteiger partial charge >= 0.3 is 0 Å². The van der Waals surface area contributed by atoms with Crippen molar-refractivity contribution >= 4 is 5.91 Å². The number of hydrogen-bond acceptors (Lipinski definition) is 5. The maximum atomic E-state index is 12.1. The van der Waals surface area contributed by atoms with Crippen molar-refractivity contribution in [2.45, 2.75) is 32.0 Å². The van der Waals surface area contributed by atoms with Gasteiger partial charge in [-0.25, -0.2) is 4.98 Å².